The third kappa shape index (κ3) is 4.51. The van der Waals surface area contributed by atoms with Gasteiger partial charge >= 0.3 is 0 Å². The van der Waals surface area contributed by atoms with Crippen molar-refractivity contribution in [1.82, 2.24) is 24.5 Å². The van der Waals surface area contributed by atoms with E-state index in [0.29, 0.717) is 43.2 Å². The van der Waals surface area contributed by atoms with E-state index in [1.165, 1.54) is 16.4 Å². The van der Waals surface area contributed by atoms with E-state index in [0.717, 1.165) is 19.1 Å². The molecule has 0 radical (unpaired) electrons. The molecular formula is C19H23N7O5S2. The molecule has 1 aromatic carbocycles. The molecule has 12 nitrogen and oxygen atoms in total. The van der Waals surface area contributed by atoms with Crippen molar-refractivity contribution in [3.63, 3.8) is 0 Å². The number of ether oxygens (including phenoxy) is 1. The number of nitrogens with one attached hydrogen (secondary N) is 3. The highest BCUT2D eigenvalue weighted by Crippen LogP contribution is 2.32. The number of hydrogen-bond acceptors (Lipinski definition) is 10. The van der Waals surface area contributed by atoms with Crippen LogP contribution < -0.4 is 10.6 Å². The molecule has 1 saturated heterocycles. The topological polar surface area (TPSA) is 159 Å². The first-order chi connectivity index (χ1) is 15.7. The van der Waals surface area contributed by atoms with Crippen molar-refractivity contribution in [3.8, 4) is 0 Å². The van der Waals surface area contributed by atoms with Crippen LogP contribution in [0.1, 0.15) is 12.8 Å². The second-order valence-electron chi connectivity index (χ2n) is 8.00. The van der Waals surface area contributed by atoms with Gasteiger partial charge in [-0.25, -0.2) is 16.8 Å². The average Bonchev–Trinajstić information content (AvgIpc) is 3.48. The number of anilines is 3. The Bertz CT molecular complexity index is 1390. The predicted molar refractivity (Wildman–Crippen MR) is 121 cm³/mol. The maximum absolute atomic E-state index is 12.8. The Morgan fingerprint density at radius 1 is 1.06 bits per heavy atom. The van der Waals surface area contributed by atoms with Crippen LogP contribution in [0.25, 0.3) is 11.0 Å². The molecule has 2 fully saturated rings. The van der Waals surface area contributed by atoms with Crippen LogP contribution in [-0.2, 0) is 24.6 Å². The molecule has 3 aromatic rings. The second kappa shape index (κ2) is 8.20. The largest absolute Gasteiger partial charge is 0.379 e. The van der Waals surface area contributed by atoms with Gasteiger partial charge < -0.3 is 15.4 Å². The molecule has 1 aliphatic heterocycles. The minimum absolute atomic E-state index is 0.0372. The molecule has 2 aromatic heterocycles. The Morgan fingerprint density at radius 3 is 2.39 bits per heavy atom. The lowest BCUT2D eigenvalue weighted by molar-refractivity contribution is 0.0730. The molecular weight excluding hydrogens is 470 g/mol. The molecule has 14 heteroatoms. The Balaban J connectivity index is 1.43. The minimum Gasteiger partial charge on any atom is -0.379 e. The summed E-state index contributed by atoms with van der Waals surface area (Å²) in [4.78, 5) is 8.98. The molecule has 5 rings (SSSR count). The highest BCUT2D eigenvalue weighted by atomic mass is 32.2. The van der Waals surface area contributed by atoms with Crippen molar-refractivity contribution in [2.24, 2.45) is 0 Å². The number of nitrogens with zero attached hydrogens (tertiary/aromatic N) is 4. The van der Waals surface area contributed by atoms with Crippen molar-refractivity contribution in [3.05, 3.63) is 24.3 Å². The van der Waals surface area contributed by atoms with E-state index in [2.05, 4.69) is 30.8 Å². The van der Waals surface area contributed by atoms with E-state index in [1.807, 2.05) is 0 Å². The lowest BCUT2D eigenvalue weighted by atomic mass is 10.3. The lowest BCUT2D eigenvalue weighted by Crippen LogP contribution is -2.40. The number of fused-ring (bicyclic) bond motifs is 1. The molecule has 176 valence electrons. The summed E-state index contributed by atoms with van der Waals surface area (Å²) in [5.41, 5.74) is 0.786. The van der Waals surface area contributed by atoms with Crippen molar-refractivity contribution in [2.45, 2.75) is 28.8 Å². The van der Waals surface area contributed by atoms with Gasteiger partial charge in [-0.15, -0.1) is 0 Å². The minimum atomic E-state index is -3.59. The maximum Gasteiger partial charge on any atom is 0.243 e. The first-order valence-corrected chi connectivity index (χ1v) is 13.7. The van der Waals surface area contributed by atoms with Crippen LogP contribution in [0.4, 0.5) is 17.5 Å². The zero-order valence-corrected chi connectivity index (χ0v) is 19.4. The number of aromatic nitrogens is 4. The summed E-state index contributed by atoms with van der Waals surface area (Å²) < 4.78 is 56.5. The van der Waals surface area contributed by atoms with E-state index in [1.54, 1.807) is 12.1 Å². The normalized spacial score (nSPS) is 17.8. The molecule has 33 heavy (non-hydrogen) atoms. The lowest BCUT2D eigenvalue weighted by Gasteiger charge is -2.26. The molecule has 3 heterocycles. The summed E-state index contributed by atoms with van der Waals surface area (Å²) in [6.07, 6.45) is 3.04. The van der Waals surface area contributed by atoms with Gasteiger partial charge in [0.2, 0.25) is 16.0 Å². The van der Waals surface area contributed by atoms with Crippen LogP contribution in [0.15, 0.2) is 34.2 Å². The zero-order chi connectivity index (χ0) is 23.2. The fraction of sp³-hybridized carbons (Fsp3) is 0.421. The number of morpholine rings is 1. The fourth-order valence-electron chi connectivity index (χ4n) is 3.52. The molecule has 2 aliphatic rings. The summed E-state index contributed by atoms with van der Waals surface area (Å²) in [5, 5.41) is 13.2. The number of aromatic amines is 1. The highest BCUT2D eigenvalue weighted by molar-refractivity contribution is 7.90. The molecule has 1 aliphatic carbocycles. The van der Waals surface area contributed by atoms with Gasteiger partial charge in [-0.3, -0.25) is 5.10 Å². The van der Waals surface area contributed by atoms with Crippen molar-refractivity contribution >= 4 is 48.3 Å². The van der Waals surface area contributed by atoms with E-state index in [4.69, 9.17) is 4.74 Å². The van der Waals surface area contributed by atoms with Gasteiger partial charge in [0.05, 0.1) is 18.1 Å². The van der Waals surface area contributed by atoms with Crippen molar-refractivity contribution < 1.29 is 21.6 Å². The average molecular weight is 494 g/mol. The van der Waals surface area contributed by atoms with Gasteiger partial charge in [0.25, 0.3) is 0 Å². The predicted octanol–water partition coefficient (Wildman–Crippen LogP) is 1.10. The Morgan fingerprint density at radius 2 is 1.76 bits per heavy atom. The first kappa shape index (κ1) is 22.0. The molecule has 0 atom stereocenters. The Labute approximate surface area is 190 Å². The zero-order valence-electron chi connectivity index (χ0n) is 17.8. The van der Waals surface area contributed by atoms with E-state index < -0.39 is 19.9 Å². The highest BCUT2D eigenvalue weighted by Gasteiger charge is 2.28. The van der Waals surface area contributed by atoms with E-state index >= 15 is 0 Å². The van der Waals surface area contributed by atoms with Crippen LogP contribution in [0.2, 0.25) is 0 Å². The maximum atomic E-state index is 12.8. The van der Waals surface area contributed by atoms with Crippen molar-refractivity contribution in [2.75, 3.05) is 43.2 Å². The Kier molecular flexibility index (Phi) is 5.47. The quantitative estimate of drug-likeness (QED) is 0.435. The van der Waals surface area contributed by atoms with Gasteiger partial charge in [0.1, 0.15) is 11.2 Å². The summed E-state index contributed by atoms with van der Waals surface area (Å²) in [5.74, 6) is 0.590. The molecule has 1 saturated carbocycles. The van der Waals surface area contributed by atoms with Gasteiger partial charge in [-0.1, -0.05) is 0 Å². The number of H-pyrrole nitrogens is 1. The first-order valence-electron chi connectivity index (χ1n) is 10.4. The van der Waals surface area contributed by atoms with Crippen LogP contribution in [0.3, 0.4) is 0 Å². The summed E-state index contributed by atoms with van der Waals surface area (Å²) in [6, 6.07) is 6.52. The van der Waals surface area contributed by atoms with Gasteiger partial charge in [-0.2, -0.15) is 19.4 Å². The number of sulfone groups is 1. The number of hydrogen-bond donors (Lipinski definition) is 3. The van der Waals surface area contributed by atoms with Gasteiger partial charge in [0.15, 0.2) is 20.5 Å². The monoisotopic (exact) mass is 493 g/mol. The smallest absolute Gasteiger partial charge is 0.243 e. The van der Waals surface area contributed by atoms with E-state index in [9.17, 15) is 16.8 Å². The Hall–Kier alpha value is -2.81. The second-order valence-corrected chi connectivity index (χ2v) is 11.9. The molecule has 0 unspecified atom stereocenters. The third-order valence-electron chi connectivity index (χ3n) is 5.39. The summed E-state index contributed by atoms with van der Waals surface area (Å²) in [7, 11) is -7.14. The van der Waals surface area contributed by atoms with Crippen molar-refractivity contribution in [1.29, 1.82) is 0 Å². The third-order valence-corrected chi connectivity index (χ3v) is 8.34. The molecule has 3 N–H and O–H groups in total. The number of rotatable bonds is 7. The van der Waals surface area contributed by atoms with Gasteiger partial charge in [0, 0.05) is 31.1 Å². The molecule has 0 amide bonds. The molecule has 0 bridgehead atoms. The SMILES string of the molecule is CS(=O)(=O)c1[nH]nc2nc(Nc3ccc(S(=O)(=O)N4CCOCC4)cc3)nc(NC3CC3)c12. The van der Waals surface area contributed by atoms with Crippen LogP contribution in [0.5, 0.6) is 0 Å². The number of benzene rings is 1. The van der Waals surface area contributed by atoms with Crippen LogP contribution >= 0.6 is 0 Å². The summed E-state index contributed by atoms with van der Waals surface area (Å²) >= 11 is 0. The molecule has 0 spiro atoms. The summed E-state index contributed by atoms with van der Waals surface area (Å²) in [6.45, 7) is 1.41. The number of sulfonamides is 1. The standard InChI is InChI=1S/C19H23N7O5S2/c1-32(27,28)18-15-16(20-12-2-3-12)22-19(23-17(15)24-25-18)21-13-4-6-14(7-5-13)33(29,30)26-8-10-31-11-9-26/h4-7,12H,2-3,8-11H2,1H3,(H3,20,21,22,23,24,25). The fourth-order valence-corrected chi connectivity index (χ4v) is 5.70. The van der Waals surface area contributed by atoms with E-state index in [-0.39, 0.29) is 27.6 Å². The van der Waals surface area contributed by atoms with Gasteiger partial charge in [-0.05, 0) is 37.1 Å². The van der Waals surface area contributed by atoms with Crippen LogP contribution in [-0.4, -0.2) is 79.9 Å². The van der Waals surface area contributed by atoms with Crippen LogP contribution in [0, 0.1) is 0 Å².